The van der Waals surface area contributed by atoms with Crippen LogP contribution in [0.25, 0.3) is 0 Å². The van der Waals surface area contributed by atoms with Crippen molar-refractivity contribution in [1.29, 1.82) is 0 Å². The summed E-state index contributed by atoms with van der Waals surface area (Å²) in [6.45, 7) is 0.543. The van der Waals surface area contributed by atoms with E-state index >= 15 is 0 Å². The molecule has 1 aliphatic heterocycles. The number of furan rings is 1. The fourth-order valence-corrected chi connectivity index (χ4v) is 2.57. The molecule has 2 amide bonds. The minimum Gasteiger partial charge on any atom is -0.467 e. The standard InChI is InChI=1S/C16H16FN3O3.ClH/c17-12-3-1-2-4-14(12)20-6-5-13(16(20)22)19-15(21)10-7-11(8-18)23-9-10;/h1-4,7,9,13H,5-6,8,18H2,(H,19,21);1H. The number of halogens is 2. The van der Waals surface area contributed by atoms with Crippen LogP contribution in [0, 0.1) is 5.82 Å². The maximum absolute atomic E-state index is 13.8. The van der Waals surface area contributed by atoms with Crippen LogP contribution in [0.5, 0.6) is 0 Å². The molecule has 0 spiro atoms. The summed E-state index contributed by atoms with van der Waals surface area (Å²) in [7, 11) is 0. The Morgan fingerprint density at radius 3 is 2.83 bits per heavy atom. The summed E-state index contributed by atoms with van der Waals surface area (Å²) < 4.78 is 18.9. The molecule has 3 rings (SSSR count). The monoisotopic (exact) mass is 353 g/mol. The van der Waals surface area contributed by atoms with Crippen LogP contribution in [0.3, 0.4) is 0 Å². The molecule has 3 N–H and O–H groups in total. The highest BCUT2D eigenvalue weighted by molar-refractivity contribution is 6.03. The maximum atomic E-state index is 13.8. The number of hydrogen-bond donors (Lipinski definition) is 2. The van der Waals surface area contributed by atoms with Gasteiger partial charge >= 0.3 is 0 Å². The van der Waals surface area contributed by atoms with Crippen LogP contribution in [0.4, 0.5) is 10.1 Å². The minimum absolute atomic E-state index is 0. The summed E-state index contributed by atoms with van der Waals surface area (Å²) in [6.07, 6.45) is 1.71. The SMILES string of the molecule is Cl.NCc1cc(C(=O)NC2CCN(c3ccccc3F)C2=O)co1. The molecular weight excluding hydrogens is 337 g/mol. The van der Waals surface area contributed by atoms with E-state index in [1.165, 1.54) is 23.3 Å². The van der Waals surface area contributed by atoms with Gasteiger partial charge in [-0.15, -0.1) is 12.4 Å². The summed E-state index contributed by atoms with van der Waals surface area (Å²) in [5.74, 6) is -0.718. The number of nitrogens with two attached hydrogens (primary N) is 1. The average Bonchev–Trinajstić information content (AvgIpc) is 3.16. The number of carbonyl (C=O) groups is 2. The Hall–Kier alpha value is -2.38. The van der Waals surface area contributed by atoms with Crippen molar-refractivity contribution in [1.82, 2.24) is 5.32 Å². The summed E-state index contributed by atoms with van der Waals surface area (Å²) in [4.78, 5) is 25.9. The maximum Gasteiger partial charge on any atom is 0.255 e. The van der Waals surface area contributed by atoms with Crippen molar-refractivity contribution < 1.29 is 18.4 Å². The first-order valence-corrected chi connectivity index (χ1v) is 7.24. The molecule has 2 aromatic rings. The van der Waals surface area contributed by atoms with Gasteiger partial charge in [0.1, 0.15) is 23.9 Å². The predicted molar refractivity (Wildman–Crippen MR) is 88.5 cm³/mol. The van der Waals surface area contributed by atoms with Crippen molar-refractivity contribution in [3.63, 3.8) is 0 Å². The third-order valence-electron chi connectivity index (χ3n) is 3.77. The first kappa shape index (κ1) is 18.0. The van der Waals surface area contributed by atoms with E-state index in [0.717, 1.165) is 0 Å². The number of carbonyl (C=O) groups excluding carboxylic acids is 2. The number of para-hydroxylation sites is 1. The number of nitrogens with zero attached hydrogens (tertiary/aromatic N) is 1. The molecule has 0 bridgehead atoms. The van der Waals surface area contributed by atoms with Crippen molar-refractivity contribution >= 4 is 29.9 Å². The van der Waals surface area contributed by atoms with E-state index in [0.29, 0.717) is 24.3 Å². The second-order valence-electron chi connectivity index (χ2n) is 5.26. The lowest BCUT2D eigenvalue weighted by atomic mass is 10.2. The lowest BCUT2D eigenvalue weighted by Gasteiger charge is -2.17. The van der Waals surface area contributed by atoms with Gasteiger partial charge in [0.2, 0.25) is 5.91 Å². The summed E-state index contributed by atoms with van der Waals surface area (Å²) in [5, 5.41) is 2.65. The van der Waals surface area contributed by atoms with E-state index < -0.39 is 17.8 Å². The third-order valence-corrected chi connectivity index (χ3v) is 3.77. The molecule has 2 heterocycles. The van der Waals surface area contributed by atoms with Crippen molar-refractivity contribution in [2.75, 3.05) is 11.4 Å². The second-order valence-corrected chi connectivity index (χ2v) is 5.26. The molecule has 24 heavy (non-hydrogen) atoms. The molecule has 8 heteroatoms. The molecule has 6 nitrogen and oxygen atoms in total. The smallest absolute Gasteiger partial charge is 0.255 e. The minimum atomic E-state index is -0.682. The number of anilines is 1. The molecule has 1 aromatic heterocycles. The fourth-order valence-electron chi connectivity index (χ4n) is 2.57. The van der Waals surface area contributed by atoms with E-state index in [1.54, 1.807) is 18.2 Å². The zero-order valence-corrected chi connectivity index (χ0v) is 13.5. The molecule has 1 aromatic carbocycles. The van der Waals surface area contributed by atoms with Crippen LogP contribution in [0.1, 0.15) is 22.5 Å². The van der Waals surface area contributed by atoms with Crippen LogP contribution in [-0.4, -0.2) is 24.4 Å². The molecular formula is C16H17ClFN3O3. The predicted octanol–water partition coefficient (Wildman–Crippen LogP) is 1.83. The summed E-state index contributed by atoms with van der Waals surface area (Å²) in [5.41, 5.74) is 5.96. The normalized spacial score (nSPS) is 16.8. The van der Waals surface area contributed by atoms with Crippen molar-refractivity contribution in [3.05, 3.63) is 53.7 Å². The van der Waals surface area contributed by atoms with Gasteiger partial charge in [0, 0.05) is 6.54 Å². The van der Waals surface area contributed by atoms with Gasteiger partial charge in [0.25, 0.3) is 5.91 Å². The lowest BCUT2D eigenvalue weighted by Crippen LogP contribution is -2.41. The zero-order valence-electron chi connectivity index (χ0n) is 12.7. The number of amides is 2. The van der Waals surface area contributed by atoms with Crippen LogP contribution in [0.2, 0.25) is 0 Å². The highest BCUT2D eigenvalue weighted by Crippen LogP contribution is 2.24. The van der Waals surface area contributed by atoms with E-state index in [4.69, 9.17) is 10.2 Å². The number of rotatable bonds is 4. The van der Waals surface area contributed by atoms with Gasteiger partial charge in [-0.3, -0.25) is 9.59 Å². The highest BCUT2D eigenvalue weighted by atomic mass is 35.5. The fraction of sp³-hybridized carbons (Fsp3) is 0.250. The van der Waals surface area contributed by atoms with Crippen LogP contribution >= 0.6 is 12.4 Å². The van der Waals surface area contributed by atoms with Crippen LogP contribution in [-0.2, 0) is 11.3 Å². The zero-order chi connectivity index (χ0) is 16.4. The topological polar surface area (TPSA) is 88.6 Å². The molecule has 1 unspecified atom stereocenters. The molecule has 0 saturated carbocycles. The first-order valence-electron chi connectivity index (χ1n) is 7.24. The Morgan fingerprint density at radius 1 is 1.42 bits per heavy atom. The van der Waals surface area contributed by atoms with Gasteiger partial charge in [-0.2, -0.15) is 0 Å². The van der Waals surface area contributed by atoms with Gasteiger partial charge in [-0.05, 0) is 24.6 Å². The van der Waals surface area contributed by atoms with Gasteiger partial charge in [-0.25, -0.2) is 4.39 Å². The van der Waals surface area contributed by atoms with Crippen molar-refractivity contribution in [3.8, 4) is 0 Å². The molecule has 1 atom stereocenters. The molecule has 1 fully saturated rings. The van der Waals surface area contributed by atoms with Crippen molar-refractivity contribution in [2.24, 2.45) is 5.73 Å². The number of nitrogens with one attached hydrogen (secondary N) is 1. The van der Waals surface area contributed by atoms with Gasteiger partial charge < -0.3 is 20.4 Å². The quantitative estimate of drug-likeness (QED) is 0.877. The molecule has 128 valence electrons. The molecule has 1 aliphatic rings. The van der Waals surface area contributed by atoms with E-state index in [1.807, 2.05) is 0 Å². The van der Waals surface area contributed by atoms with Crippen LogP contribution < -0.4 is 16.0 Å². The Kier molecular flexibility index (Phi) is 5.58. The largest absolute Gasteiger partial charge is 0.467 e. The molecule has 0 radical (unpaired) electrons. The Bertz CT molecular complexity index is 750. The van der Waals surface area contributed by atoms with Gasteiger partial charge in [-0.1, -0.05) is 12.1 Å². The average molecular weight is 354 g/mol. The Balaban J connectivity index is 0.00000208. The number of hydrogen-bond acceptors (Lipinski definition) is 4. The van der Waals surface area contributed by atoms with E-state index in [2.05, 4.69) is 5.32 Å². The van der Waals surface area contributed by atoms with Gasteiger partial charge in [0.15, 0.2) is 0 Å². The molecule has 0 aliphatic carbocycles. The first-order chi connectivity index (χ1) is 11.1. The second kappa shape index (κ2) is 7.46. The summed E-state index contributed by atoms with van der Waals surface area (Å²) in [6, 6.07) is 6.92. The number of benzene rings is 1. The highest BCUT2D eigenvalue weighted by Gasteiger charge is 2.35. The Labute approximate surface area is 144 Å². The van der Waals surface area contributed by atoms with E-state index in [-0.39, 0.29) is 30.5 Å². The van der Waals surface area contributed by atoms with Crippen LogP contribution in [0.15, 0.2) is 41.0 Å². The van der Waals surface area contributed by atoms with Gasteiger partial charge in [0.05, 0.1) is 17.8 Å². The van der Waals surface area contributed by atoms with Crippen molar-refractivity contribution in [2.45, 2.75) is 19.0 Å². The Morgan fingerprint density at radius 2 is 2.17 bits per heavy atom. The lowest BCUT2D eigenvalue weighted by molar-refractivity contribution is -0.118. The molecule has 1 saturated heterocycles. The third kappa shape index (κ3) is 3.42. The summed E-state index contributed by atoms with van der Waals surface area (Å²) >= 11 is 0. The van der Waals surface area contributed by atoms with E-state index in [9.17, 15) is 14.0 Å².